The second-order valence-corrected chi connectivity index (χ2v) is 6.26. The number of methoxy groups -OCH3 is 1. The van der Waals surface area contributed by atoms with Crippen molar-refractivity contribution < 1.29 is 4.74 Å². The van der Waals surface area contributed by atoms with Crippen molar-refractivity contribution in [2.45, 2.75) is 26.7 Å². The van der Waals surface area contributed by atoms with Crippen LogP contribution in [0.15, 0.2) is 29.3 Å². The lowest BCUT2D eigenvalue weighted by Gasteiger charge is -2.18. The van der Waals surface area contributed by atoms with Crippen molar-refractivity contribution in [3.05, 3.63) is 35.4 Å². The molecule has 2 N–H and O–H groups in total. The zero-order valence-electron chi connectivity index (χ0n) is 15.9. The van der Waals surface area contributed by atoms with Crippen molar-refractivity contribution >= 4 is 5.96 Å². The van der Waals surface area contributed by atoms with Crippen LogP contribution in [0.5, 0.6) is 0 Å². The number of likely N-dealkylation sites (N-methyl/N-ethyl adjacent to an activating group) is 1. The van der Waals surface area contributed by atoms with Gasteiger partial charge in [0.25, 0.3) is 0 Å². The summed E-state index contributed by atoms with van der Waals surface area (Å²) in [5, 5.41) is 6.72. The molecule has 0 aliphatic rings. The zero-order chi connectivity index (χ0) is 17.8. The summed E-state index contributed by atoms with van der Waals surface area (Å²) < 4.78 is 5.10. The Bertz CT molecular complexity index is 490. The van der Waals surface area contributed by atoms with Crippen LogP contribution in [0.2, 0.25) is 0 Å². The number of benzene rings is 1. The van der Waals surface area contributed by atoms with Crippen molar-refractivity contribution in [2.75, 3.05) is 53.5 Å². The van der Waals surface area contributed by atoms with Gasteiger partial charge < -0.3 is 20.3 Å². The van der Waals surface area contributed by atoms with E-state index in [1.54, 1.807) is 7.11 Å². The Morgan fingerprint density at radius 2 is 2.08 bits per heavy atom. The van der Waals surface area contributed by atoms with Crippen molar-refractivity contribution in [1.29, 1.82) is 0 Å². The maximum Gasteiger partial charge on any atom is 0.191 e. The summed E-state index contributed by atoms with van der Waals surface area (Å²) in [5.74, 6) is 1.29. The molecule has 0 aliphatic heterocycles. The quantitative estimate of drug-likeness (QED) is 0.509. The zero-order valence-corrected chi connectivity index (χ0v) is 15.9. The molecule has 0 saturated carbocycles. The van der Waals surface area contributed by atoms with E-state index >= 15 is 0 Å². The molecule has 0 heterocycles. The average molecular weight is 335 g/mol. The van der Waals surface area contributed by atoms with Crippen LogP contribution >= 0.6 is 0 Å². The lowest BCUT2D eigenvalue weighted by atomic mass is 10.00. The van der Waals surface area contributed by atoms with Gasteiger partial charge in [-0.15, -0.1) is 0 Å². The van der Waals surface area contributed by atoms with Gasteiger partial charge in [0.15, 0.2) is 5.96 Å². The van der Waals surface area contributed by atoms with Crippen LogP contribution in [0, 0.1) is 6.92 Å². The van der Waals surface area contributed by atoms with Crippen molar-refractivity contribution in [3.8, 4) is 0 Å². The van der Waals surface area contributed by atoms with Crippen LogP contribution in [0.3, 0.4) is 0 Å². The lowest BCUT2D eigenvalue weighted by Crippen LogP contribution is -2.41. The lowest BCUT2D eigenvalue weighted by molar-refractivity contribution is 0.162. The predicted octanol–water partition coefficient (Wildman–Crippen LogP) is 2.23. The topological polar surface area (TPSA) is 48.9 Å². The molecule has 24 heavy (non-hydrogen) atoms. The van der Waals surface area contributed by atoms with E-state index in [4.69, 9.17) is 9.73 Å². The van der Waals surface area contributed by atoms with Crippen LogP contribution in [-0.2, 0) is 4.74 Å². The molecular weight excluding hydrogens is 300 g/mol. The van der Waals surface area contributed by atoms with Crippen molar-refractivity contribution in [3.63, 3.8) is 0 Å². The number of ether oxygens (including phenoxy) is 1. The number of nitrogens with zero attached hydrogens (tertiary/aromatic N) is 2. The van der Waals surface area contributed by atoms with Crippen LogP contribution in [0.25, 0.3) is 0 Å². The highest BCUT2D eigenvalue weighted by Crippen LogP contribution is 2.16. The highest BCUT2D eigenvalue weighted by molar-refractivity contribution is 5.79. The first-order chi connectivity index (χ1) is 11.6. The highest BCUT2D eigenvalue weighted by Gasteiger charge is 2.06. The van der Waals surface area contributed by atoms with E-state index in [0.717, 1.165) is 45.3 Å². The summed E-state index contributed by atoms with van der Waals surface area (Å²) in [6.45, 7) is 11.6. The van der Waals surface area contributed by atoms with E-state index < -0.39 is 0 Å². The number of hydrogen-bond acceptors (Lipinski definition) is 3. The second kappa shape index (κ2) is 11.9. The molecule has 1 aromatic rings. The summed E-state index contributed by atoms with van der Waals surface area (Å²) >= 11 is 0. The molecule has 0 aliphatic carbocycles. The SMILES string of the molecule is CCNC(=NCC(C)c1cccc(C)c1)NCCN(C)CCOC. The second-order valence-electron chi connectivity index (χ2n) is 6.26. The summed E-state index contributed by atoms with van der Waals surface area (Å²) in [6, 6.07) is 8.67. The van der Waals surface area contributed by atoms with Gasteiger partial charge >= 0.3 is 0 Å². The van der Waals surface area contributed by atoms with Crippen molar-refractivity contribution in [2.24, 2.45) is 4.99 Å². The van der Waals surface area contributed by atoms with Gasteiger partial charge in [-0.2, -0.15) is 0 Å². The summed E-state index contributed by atoms with van der Waals surface area (Å²) in [7, 11) is 3.84. The largest absolute Gasteiger partial charge is 0.383 e. The van der Waals surface area contributed by atoms with Gasteiger partial charge in [-0.05, 0) is 26.5 Å². The number of aliphatic imine (C=N–C) groups is 1. The highest BCUT2D eigenvalue weighted by atomic mass is 16.5. The number of nitrogens with one attached hydrogen (secondary N) is 2. The Kier molecular flexibility index (Phi) is 10.1. The first-order valence-electron chi connectivity index (χ1n) is 8.83. The van der Waals surface area contributed by atoms with Gasteiger partial charge in [-0.1, -0.05) is 36.8 Å². The van der Waals surface area contributed by atoms with Gasteiger partial charge in [0.2, 0.25) is 0 Å². The molecule has 0 spiro atoms. The van der Waals surface area contributed by atoms with E-state index in [9.17, 15) is 0 Å². The summed E-state index contributed by atoms with van der Waals surface area (Å²) in [6.07, 6.45) is 0. The van der Waals surface area contributed by atoms with Crippen LogP contribution in [0.1, 0.15) is 30.9 Å². The fraction of sp³-hybridized carbons (Fsp3) is 0.632. The molecule has 1 aromatic carbocycles. The minimum atomic E-state index is 0.407. The molecule has 1 atom stereocenters. The first kappa shape index (κ1) is 20.5. The van der Waals surface area contributed by atoms with E-state index in [0.29, 0.717) is 5.92 Å². The number of rotatable bonds is 10. The minimum Gasteiger partial charge on any atom is -0.383 e. The number of hydrogen-bond donors (Lipinski definition) is 2. The summed E-state index contributed by atoms with van der Waals surface area (Å²) in [5.41, 5.74) is 2.64. The Hall–Kier alpha value is -1.59. The Balaban J connectivity index is 2.46. The molecule has 0 fully saturated rings. The van der Waals surface area contributed by atoms with Crippen LogP contribution < -0.4 is 10.6 Å². The third-order valence-electron chi connectivity index (χ3n) is 3.94. The standard InChI is InChI=1S/C19H34N4O/c1-6-20-19(21-10-11-23(4)12-13-24-5)22-15-17(3)18-9-7-8-16(2)14-18/h7-9,14,17H,6,10-13,15H2,1-5H3,(H2,20,21,22). The third-order valence-corrected chi connectivity index (χ3v) is 3.94. The molecule has 0 aromatic heterocycles. The molecule has 5 nitrogen and oxygen atoms in total. The smallest absolute Gasteiger partial charge is 0.191 e. The average Bonchev–Trinajstić information content (AvgIpc) is 2.57. The molecule has 1 unspecified atom stereocenters. The predicted molar refractivity (Wildman–Crippen MR) is 103 cm³/mol. The van der Waals surface area contributed by atoms with E-state index in [-0.39, 0.29) is 0 Å². The van der Waals surface area contributed by atoms with Gasteiger partial charge in [-0.3, -0.25) is 4.99 Å². The summed E-state index contributed by atoms with van der Waals surface area (Å²) in [4.78, 5) is 6.98. The Morgan fingerprint density at radius 1 is 1.29 bits per heavy atom. The number of aryl methyl sites for hydroxylation is 1. The maximum absolute atomic E-state index is 5.10. The molecule has 5 heteroatoms. The molecule has 1 rings (SSSR count). The fourth-order valence-corrected chi connectivity index (χ4v) is 2.38. The molecule has 0 radical (unpaired) electrons. The van der Waals surface area contributed by atoms with Gasteiger partial charge in [0.1, 0.15) is 0 Å². The van der Waals surface area contributed by atoms with E-state index in [1.165, 1.54) is 11.1 Å². The van der Waals surface area contributed by atoms with E-state index in [2.05, 4.69) is 67.6 Å². The molecule has 0 amide bonds. The number of guanidine groups is 1. The van der Waals surface area contributed by atoms with Crippen molar-refractivity contribution in [1.82, 2.24) is 15.5 Å². The van der Waals surface area contributed by atoms with Gasteiger partial charge in [0, 0.05) is 45.8 Å². The minimum absolute atomic E-state index is 0.407. The Labute approximate surface area is 147 Å². The van der Waals surface area contributed by atoms with E-state index in [1.807, 2.05) is 0 Å². The third kappa shape index (κ3) is 8.31. The molecular formula is C19H34N4O. The van der Waals surface area contributed by atoms with Crippen LogP contribution in [-0.4, -0.2) is 64.3 Å². The monoisotopic (exact) mass is 334 g/mol. The molecule has 0 bridgehead atoms. The van der Waals surface area contributed by atoms with Crippen LogP contribution in [0.4, 0.5) is 0 Å². The first-order valence-corrected chi connectivity index (χ1v) is 8.83. The fourth-order valence-electron chi connectivity index (χ4n) is 2.38. The molecule has 136 valence electrons. The van der Waals surface area contributed by atoms with Gasteiger partial charge in [0.05, 0.1) is 6.61 Å². The normalized spacial score (nSPS) is 13.2. The molecule has 0 saturated heterocycles. The Morgan fingerprint density at radius 3 is 2.75 bits per heavy atom. The van der Waals surface area contributed by atoms with Gasteiger partial charge in [-0.25, -0.2) is 0 Å². The maximum atomic E-state index is 5.10.